The van der Waals surface area contributed by atoms with E-state index in [4.69, 9.17) is 9.84 Å². The molecule has 1 heterocycles. The number of aryl methyl sites for hydroxylation is 1. The van der Waals surface area contributed by atoms with Gasteiger partial charge in [-0.05, 0) is 24.6 Å². The van der Waals surface area contributed by atoms with Crippen LogP contribution in [0.1, 0.15) is 12.0 Å². The smallest absolute Gasteiger partial charge is 0.415 e. The Morgan fingerprint density at radius 3 is 2.83 bits per heavy atom. The molecule has 5 nitrogen and oxygen atoms in total. The van der Waals surface area contributed by atoms with Crippen LogP contribution in [0.15, 0.2) is 22.7 Å². The van der Waals surface area contributed by atoms with Gasteiger partial charge in [0, 0.05) is 23.1 Å². The molecule has 1 aromatic carbocycles. The number of cyclic esters (lactones) is 1. The molecule has 0 saturated carbocycles. The zero-order chi connectivity index (χ0) is 13.3. The van der Waals surface area contributed by atoms with Crippen molar-refractivity contribution in [2.75, 3.05) is 11.4 Å². The van der Waals surface area contributed by atoms with Crippen molar-refractivity contribution < 1.29 is 19.4 Å². The molecule has 2 rings (SSSR count). The monoisotopic (exact) mass is 313 g/mol. The zero-order valence-corrected chi connectivity index (χ0v) is 11.3. The van der Waals surface area contributed by atoms with E-state index in [0.717, 1.165) is 10.0 Å². The minimum absolute atomic E-state index is 0.284. The lowest BCUT2D eigenvalue weighted by molar-refractivity contribution is -0.147. The molecule has 1 fully saturated rings. The molecule has 1 N–H and O–H groups in total. The summed E-state index contributed by atoms with van der Waals surface area (Å²) in [6, 6.07) is 5.51. The molecule has 0 aliphatic carbocycles. The summed E-state index contributed by atoms with van der Waals surface area (Å²) in [6.45, 7) is 2.29. The van der Waals surface area contributed by atoms with Crippen molar-refractivity contribution in [3.63, 3.8) is 0 Å². The Bertz CT molecular complexity index is 503. The number of amides is 1. The lowest BCUT2D eigenvalue weighted by Gasteiger charge is -2.30. The van der Waals surface area contributed by atoms with Crippen molar-refractivity contribution in [2.24, 2.45) is 0 Å². The van der Waals surface area contributed by atoms with E-state index in [-0.39, 0.29) is 6.42 Å². The van der Waals surface area contributed by atoms with Gasteiger partial charge in [0.05, 0.1) is 0 Å². The van der Waals surface area contributed by atoms with Crippen molar-refractivity contribution in [1.82, 2.24) is 0 Å². The number of carbonyl (C=O) groups is 2. The first-order chi connectivity index (χ1) is 8.49. The van der Waals surface area contributed by atoms with Gasteiger partial charge in [-0.3, -0.25) is 4.90 Å². The fourth-order valence-corrected chi connectivity index (χ4v) is 2.11. The predicted molar refractivity (Wildman–Crippen MR) is 68.7 cm³/mol. The minimum Gasteiger partial charge on any atom is -0.479 e. The third kappa shape index (κ3) is 2.48. The van der Waals surface area contributed by atoms with Crippen LogP contribution in [0.5, 0.6) is 0 Å². The van der Waals surface area contributed by atoms with E-state index < -0.39 is 18.2 Å². The number of carboxylic acids is 1. The molecule has 1 atom stereocenters. The Labute approximate surface area is 112 Å². The lowest BCUT2D eigenvalue weighted by Crippen LogP contribution is -2.44. The van der Waals surface area contributed by atoms with Crippen LogP contribution in [0.2, 0.25) is 0 Å². The Hall–Kier alpha value is -1.56. The highest BCUT2D eigenvalue weighted by Crippen LogP contribution is 2.26. The van der Waals surface area contributed by atoms with Gasteiger partial charge in [-0.1, -0.05) is 22.0 Å². The summed E-state index contributed by atoms with van der Waals surface area (Å²) >= 11 is 3.39. The largest absolute Gasteiger partial charge is 0.479 e. The number of nitrogens with zero attached hydrogens (tertiary/aromatic N) is 1. The molecule has 6 heteroatoms. The molecular weight excluding hydrogens is 302 g/mol. The number of aliphatic carboxylic acids is 1. The van der Waals surface area contributed by atoms with Crippen molar-refractivity contribution in [1.29, 1.82) is 0 Å². The fraction of sp³-hybridized carbons (Fsp3) is 0.333. The Morgan fingerprint density at radius 2 is 2.28 bits per heavy atom. The maximum Gasteiger partial charge on any atom is 0.415 e. The average molecular weight is 314 g/mol. The summed E-state index contributed by atoms with van der Waals surface area (Å²) in [5.74, 6) is -1.10. The standard InChI is InChI=1S/C12H12BrNO4/c1-7-2-3-8(6-9(7)13)14-5-4-10(11(15)16)18-12(14)17/h2-3,6,10H,4-5H2,1H3,(H,15,16). The molecule has 1 aliphatic rings. The summed E-state index contributed by atoms with van der Waals surface area (Å²) in [4.78, 5) is 23.9. The molecule has 0 aromatic heterocycles. The van der Waals surface area contributed by atoms with Gasteiger partial charge in [0.2, 0.25) is 6.10 Å². The molecule has 18 heavy (non-hydrogen) atoms. The van der Waals surface area contributed by atoms with Crippen LogP contribution in [0, 0.1) is 6.92 Å². The van der Waals surface area contributed by atoms with E-state index in [1.165, 1.54) is 4.90 Å². The molecule has 1 aromatic rings. The third-order valence-electron chi connectivity index (χ3n) is 2.82. The maximum atomic E-state index is 11.7. The second-order valence-corrected chi connectivity index (χ2v) is 4.94. The first-order valence-electron chi connectivity index (χ1n) is 5.46. The first kappa shape index (κ1) is 12.9. The number of anilines is 1. The number of carbonyl (C=O) groups excluding carboxylic acids is 1. The number of halogens is 1. The van der Waals surface area contributed by atoms with Gasteiger partial charge in [0.1, 0.15) is 0 Å². The first-order valence-corrected chi connectivity index (χ1v) is 6.25. The van der Waals surface area contributed by atoms with Crippen LogP contribution in [-0.2, 0) is 9.53 Å². The van der Waals surface area contributed by atoms with Gasteiger partial charge in [-0.2, -0.15) is 0 Å². The molecule has 96 valence electrons. The Morgan fingerprint density at radius 1 is 1.56 bits per heavy atom. The summed E-state index contributed by atoms with van der Waals surface area (Å²) in [5, 5.41) is 8.79. The molecule has 0 bridgehead atoms. The minimum atomic E-state index is -1.10. The normalized spacial score (nSPS) is 19.6. The summed E-state index contributed by atoms with van der Waals surface area (Å²) in [7, 11) is 0. The van der Waals surface area contributed by atoms with Gasteiger partial charge in [0.15, 0.2) is 0 Å². The van der Waals surface area contributed by atoms with Crippen LogP contribution in [0.3, 0.4) is 0 Å². The van der Waals surface area contributed by atoms with Crippen LogP contribution in [0.4, 0.5) is 10.5 Å². The number of rotatable bonds is 2. The highest BCUT2D eigenvalue weighted by molar-refractivity contribution is 9.10. The van der Waals surface area contributed by atoms with Crippen LogP contribution < -0.4 is 4.90 Å². The van der Waals surface area contributed by atoms with E-state index in [2.05, 4.69) is 15.9 Å². The van der Waals surface area contributed by atoms with Crippen molar-refractivity contribution in [3.05, 3.63) is 28.2 Å². The van der Waals surface area contributed by atoms with Crippen LogP contribution in [-0.4, -0.2) is 29.8 Å². The summed E-state index contributed by atoms with van der Waals surface area (Å²) < 4.78 is 5.75. The van der Waals surface area contributed by atoms with E-state index in [1.807, 2.05) is 25.1 Å². The van der Waals surface area contributed by atoms with E-state index in [1.54, 1.807) is 0 Å². The third-order valence-corrected chi connectivity index (χ3v) is 3.68. The van der Waals surface area contributed by atoms with Crippen molar-refractivity contribution >= 4 is 33.7 Å². The van der Waals surface area contributed by atoms with Gasteiger partial charge < -0.3 is 9.84 Å². The van der Waals surface area contributed by atoms with Gasteiger partial charge in [0.25, 0.3) is 0 Å². The second-order valence-electron chi connectivity index (χ2n) is 4.08. The quantitative estimate of drug-likeness (QED) is 0.911. The molecule has 1 saturated heterocycles. The van der Waals surface area contributed by atoms with Crippen LogP contribution in [0.25, 0.3) is 0 Å². The highest BCUT2D eigenvalue weighted by atomic mass is 79.9. The fourth-order valence-electron chi connectivity index (χ4n) is 1.74. The lowest BCUT2D eigenvalue weighted by atomic mass is 10.1. The zero-order valence-electron chi connectivity index (χ0n) is 9.72. The van der Waals surface area contributed by atoms with Crippen molar-refractivity contribution in [3.8, 4) is 0 Å². The van der Waals surface area contributed by atoms with Gasteiger partial charge >= 0.3 is 12.1 Å². The van der Waals surface area contributed by atoms with Gasteiger partial charge in [-0.15, -0.1) is 0 Å². The number of ether oxygens (including phenoxy) is 1. The van der Waals surface area contributed by atoms with Crippen LogP contribution >= 0.6 is 15.9 Å². The van der Waals surface area contributed by atoms with E-state index in [9.17, 15) is 9.59 Å². The molecule has 0 radical (unpaired) electrons. The highest BCUT2D eigenvalue weighted by Gasteiger charge is 2.32. The Kier molecular flexibility index (Phi) is 3.56. The molecule has 1 aliphatic heterocycles. The molecule has 1 unspecified atom stereocenters. The Balaban J connectivity index is 2.18. The second kappa shape index (κ2) is 4.97. The number of hydrogen-bond acceptors (Lipinski definition) is 3. The van der Waals surface area contributed by atoms with Crippen molar-refractivity contribution in [2.45, 2.75) is 19.4 Å². The van der Waals surface area contributed by atoms with E-state index in [0.29, 0.717) is 12.2 Å². The number of benzene rings is 1. The molecular formula is C12H12BrNO4. The maximum absolute atomic E-state index is 11.7. The SMILES string of the molecule is Cc1ccc(N2CCC(C(=O)O)OC2=O)cc1Br. The average Bonchev–Trinajstić information content (AvgIpc) is 2.32. The van der Waals surface area contributed by atoms with E-state index >= 15 is 0 Å². The predicted octanol–water partition coefficient (Wildman–Crippen LogP) is 2.56. The summed E-state index contributed by atoms with van der Waals surface area (Å²) in [6.07, 6.45) is -1.38. The summed E-state index contributed by atoms with van der Waals surface area (Å²) in [5.41, 5.74) is 1.76. The van der Waals surface area contributed by atoms with Gasteiger partial charge in [-0.25, -0.2) is 9.59 Å². The number of hydrogen-bond donors (Lipinski definition) is 1. The molecule has 0 spiro atoms. The topological polar surface area (TPSA) is 66.8 Å². The molecule has 1 amide bonds. The number of carboxylic acid groups (broad SMARTS) is 1.